The van der Waals surface area contributed by atoms with Crippen molar-refractivity contribution in [3.63, 3.8) is 0 Å². The number of likely N-dealkylation sites (N-methyl/N-ethyl adjacent to an activating group) is 1. The monoisotopic (exact) mass is 359 g/mol. The van der Waals surface area contributed by atoms with Crippen molar-refractivity contribution in [2.45, 2.75) is 70.0 Å². The first kappa shape index (κ1) is 16.7. The van der Waals surface area contributed by atoms with E-state index in [1.807, 2.05) is 11.9 Å². The van der Waals surface area contributed by atoms with Crippen molar-refractivity contribution >= 4 is 17.7 Å². The summed E-state index contributed by atoms with van der Waals surface area (Å²) in [6.07, 6.45) is 3.76. The zero-order valence-corrected chi connectivity index (χ0v) is 16.5. The van der Waals surface area contributed by atoms with Crippen LogP contribution in [0.25, 0.3) is 0 Å². The Labute approximate surface area is 154 Å². The summed E-state index contributed by atoms with van der Waals surface area (Å²) in [4.78, 5) is 45.0. The molecule has 2 bridgehead atoms. The van der Waals surface area contributed by atoms with Crippen molar-refractivity contribution < 1.29 is 14.4 Å². The summed E-state index contributed by atoms with van der Waals surface area (Å²) in [6, 6.07) is 0.139. The van der Waals surface area contributed by atoms with E-state index >= 15 is 0 Å². The molecule has 5 heterocycles. The van der Waals surface area contributed by atoms with Crippen molar-refractivity contribution in [3.05, 3.63) is 0 Å². The first-order valence-electron chi connectivity index (χ1n) is 9.92. The second kappa shape index (κ2) is 4.34. The second-order valence-electron chi connectivity index (χ2n) is 10.1. The molecule has 26 heavy (non-hydrogen) atoms. The maximum Gasteiger partial charge on any atom is 0.243 e. The highest BCUT2D eigenvalue weighted by atomic mass is 16.2. The van der Waals surface area contributed by atoms with E-state index < -0.39 is 11.0 Å². The summed E-state index contributed by atoms with van der Waals surface area (Å²) >= 11 is 0. The number of carbonyl (C=O) groups excluding carboxylic acids is 3. The lowest BCUT2D eigenvalue weighted by Gasteiger charge is -2.66. The molecule has 3 spiro atoms. The van der Waals surface area contributed by atoms with Gasteiger partial charge in [0.2, 0.25) is 17.7 Å². The number of nitrogens with zero attached hydrogens (tertiary/aromatic N) is 3. The lowest BCUT2D eigenvalue weighted by Crippen LogP contribution is -2.81. The fourth-order valence-corrected chi connectivity index (χ4v) is 7.83. The summed E-state index contributed by atoms with van der Waals surface area (Å²) in [6.45, 7) is 7.48. The van der Waals surface area contributed by atoms with Crippen molar-refractivity contribution in [1.82, 2.24) is 14.7 Å². The average Bonchev–Trinajstić information content (AvgIpc) is 3.11. The molecule has 6 fully saturated rings. The third-order valence-electron chi connectivity index (χ3n) is 9.30. The Kier molecular flexibility index (Phi) is 2.79. The molecule has 6 nitrogen and oxygen atoms in total. The first-order chi connectivity index (χ1) is 12.1. The van der Waals surface area contributed by atoms with Crippen LogP contribution in [0.4, 0.5) is 0 Å². The summed E-state index contributed by atoms with van der Waals surface area (Å²) in [7, 11) is 3.56. The third kappa shape index (κ3) is 1.34. The predicted octanol–water partition coefficient (Wildman–Crippen LogP) is 1.25. The minimum atomic E-state index is -0.690. The van der Waals surface area contributed by atoms with E-state index in [1.165, 1.54) is 4.90 Å². The van der Waals surface area contributed by atoms with Gasteiger partial charge in [-0.1, -0.05) is 20.8 Å². The van der Waals surface area contributed by atoms with Gasteiger partial charge in [0.1, 0.15) is 5.54 Å². The molecule has 0 aromatic rings. The number of rotatable bonds is 0. The molecule has 1 saturated carbocycles. The van der Waals surface area contributed by atoms with Crippen LogP contribution < -0.4 is 0 Å². The van der Waals surface area contributed by atoms with Crippen LogP contribution >= 0.6 is 0 Å². The molecule has 1 unspecified atom stereocenters. The Balaban J connectivity index is 1.73. The van der Waals surface area contributed by atoms with E-state index in [9.17, 15) is 14.4 Å². The Morgan fingerprint density at radius 2 is 1.73 bits per heavy atom. The molecule has 5 aliphatic heterocycles. The van der Waals surface area contributed by atoms with E-state index in [4.69, 9.17) is 0 Å². The van der Waals surface area contributed by atoms with Crippen LogP contribution in [-0.4, -0.2) is 70.2 Å². The second-order valence-corrected chi connectivity index (χ2v) is 10.1. The summed E-state index contributed by atoms with van der Waals surface area (Å²) in [5.41, 5.74) is -1.77. The number of hydrogen-bond acceptors (Lipinski definition) is 4. The van der Waals surface area contributed by atoms with E-state index in [0.29, 0.717) is 12.3 Å². The standard InChI is InChI=1S/C20H29N3O3/c1-12-6-9-23-14-17(2,3)18(10-13(24)21(4)15(18)25)11-19(14)7-8-20(12,23)16(26)22(19)5/h12,14H,6-11H2,1-5H3/t12-,14?,18-,19+,20+/m0/s1. The van der Waals surface area contributed by atoms with E-state index in [1.54, 1.807) is 7.05 Å². The summed E-state index contributed by atoms with van der Waals surface area (Å²) in [5.74, 6) is 0.461. The molecule has 6 aliphatic rings. The molecule has 0 N–H and O–H groups in total. The van der Waals surface area contributed by atoms with Crippen molar-refractivity contribution in [1.29, 1.82) is 0 Å². The predicted molar refractivity (Wildman–Crippen MR) is 95.0 cm³/mol. The van der Waals surface area contributed by atoms with Crippen molar-refractivity contribution in [2.24, 2.45) is 16.7 Å². The third-order valence-corrected chi connectivity index (χ3v) is 9.30. The van der Waals surface area contributed by atoms with Gasteiger partial charge < -0.3 is 4.90 Å². The van der Waals surface area contributed by atoms with Gasteiger partial charge in [0.05, 0.1) is 11.0 Å². The van der Waals surface area contributed by atoms with Gasteiger partial charge in [-0.3, -0.25) is 24.2 Å². The molecular formula is C20H29N3O3. The number of fused-ring (bicyclic) bond motifs is 2. The molecule has 0 aromatic heterocycles. The molecular weight excluding hydrogens is 330 g/mol. The minimum Gasteiger partial charge on any atom is -0.337 e. The molecule has 1 aliphatic carbocycles. The number of amides is 3. The van der Waals surface area contributed by atoms with E-state index in [0.717, 1.165) is 25.8 Å². The Bertz CT molecular complexity index is 763. The Morgan fingerprint density at radius 1 is 1.04 bits per heavy atom. The van der Waals surface area contributed by atoms with Crippen molar-refractivity contribution in [2.75, 3.05) is 20.6 Å². The largest absolute Gasteiger partial charge is 0.337 e. The molecule has 3 amide bonds. The van der Waals surface area contributed by atoms with Crippen LogP contribution in [0.5, 0.6) is 0 Å². The molecule has 6 heteroatoms. The van der Waals surface area contributed by atoms with E-state index in [2.05, 4.69) is 25.7 Å². The van der Waals surface area contributed by atoms with Crippen LogP contribution in [0.2, 0.25) is 0 Å². The van der Waals surface area contributed by atoms with Gasteiger partial charge >= 0.3 is 0 Å². The Morgan fingerprint density at radius 3 is 2.35 bits per heavy atom. The average molecular weight is 359 g/mol. The van der Waals surface area contributed by atoms with Crippen LogP contribution in [0.3, 0.4) is 0 Å². The highest BCUT2D eigenvalue weighted by Gasteiger charge is 2.81. The van der Waals surface area contributed by atoms with Gasteiger partial charge in [-0.05, 0) is 43.6 Å². The van der Waals surface area contributed by atoms with Gasteiger partial charge in [0.15, 0.2) is 0 Å². The zero-order chi connectivity index (χ0) is 18.9. The van der Waals surface area contributed by atoms with Crippen LogP contribution in [0, 0.1) is 16.7 Å². The molecule has 5 atom stereocenters. The van der Waals surface area contributed by atoms with E-state index in [-0.39, 0.29) is 41.1 Å². The zero-order valence-electron chi connectivity index (χ0n) is 16.5. The van der Waals surface area contributed by atoms with Crippen LogP contribution in [0.15, 0.2) is 0 Å². The summed E-state index contributed by atoms with van der Waals surface area (Å²) in [5, 5.41) is 0. The maximum atomic E-state index is 13.5. The lowest BCUT2D eigenvalue weighted by molar-refractivity contribution is -0.192. The highest BCUT2D eigenvalue weighted by Crippen LogP contribution is 2.71. The van der Waals surface area contributed by atoms with Gasteiger partial charge in [-0.25, -0.2) is 0 Å². The number of carbonyl (C=O) groups is 3. The number of likely N-dealkylation sites (tertiary alicyclic amines) is 1. The lowest BCUT2D eigenvalue weighted by atomic mass is 9.61. The van der Waals surface area contributed by atoms with Crippen LogP contribution in [0.1, 0.15) is 52.9 Å². The highest BCUT2D eigenvalue weighted by molar-refractivity contribution is 6.07. The SMILES string of the molecule is C[C@H]1CCN2C3C(C)(C)[C@@]4(CC(=O)N(C)C4=O)C[C@]34CC[C@]12C(=O)N4C. The maximum absolute atomic E-state index is 13.5. The number of hydrogen-bond donors (Lipinski definition) is 0. The molecule has 6 rings (SSSR count). The fraction of sp³-hybridized carbons (Fsp3) is 0.850. The molecule has 0 radical (unpaired) electrons. The number of imide groups is 1. The summed E-state index contributed by atoms with van der Waals surface area (Å²) < 4.78 is 0. The van der Waals surface area contributed by atoms with Gasteiger partial charge in [0.25, 0.3) is 0 Å². The van der Waals surface area contributed by atoms with Gasteiger partial charge in [0, 0.05) is 26.6 Å². The van der Waals surface area contributed by atoms with Gasteiger partial charge in [-0.15, -0.1) is 0 Å². The fourth-order valence-electron chi connectivity index (χ4n) is 7.83. The molecule has 142 valence electrons. The first-order valence-corrected chi connectivity index (χ1v) is 9.92. The molecule has 5 saturated heterocycles. The topological polar surface area (TPSA) is 60.9 Å². The normalized spacial score (nSPS) is 49.5. The number of piperidine rings is 2. The smallest absolute Gasteiger partial charge is 0.243 e. The quantitative estimate of drug-likeness (QED) is 0.611. The Hall–Kier alpha value is -1.43. The minimum absolute atomic E-state index is 0.0399. The van der Waals surface area contributed by atoms with Crippen LogP contribution in [-0.2, 0) is 14.4 Å². The number of piperazine rings is 1. The van der Waals surface area contributed by atoms with Crippen molar-refractivity contribution in [3.8, 4) is 0 Å². The van der Waals surface area contributed by atoms with Gasteiger partial charge in [-0.2, -0.15) is 0 Å². The molecule has 0 aromatic carbocycles.